The van der Waals surface area contributed by atoms with E-state index in [4.69, 9.17) is 9.15 Å². The molecule has 3 aromatic carbocycles. The normalized spacial score (nSPS) is 13.0. The second-order valence-electron chi connectivity index (χ2n) is 8.68. The first-order valence-corrected chi connectivity index (χ1v) is 11.8. The van der Waals surface area contributed by atoms with Crippen molar-refractivity contribution in [3.63, 3.8) is 0 Å². The molecule has 0 atom stereocenters. The minimum absolute atomic E-state index is 0.0980. The maximum Gasteiger partial charge on any atom is 0.338 e. The quantitative estimate of drug-likeness (QED) is 0.371. The lowest BCUT2D eigenvalue weighted by Gasteiger charge is -2.16. The van der Waals surface area contributed by atoms with Crippen LogP contribution in [0.3, 0.4) is 0 Å². The molecule has 4 aromatic rings. The Hall–Kier alpha value is -4.79. The Morgan fingerprint density at radius 2 is 1.54 bits per heavy atom. The van der Waals surface area contributed by atoms with Crippen molar-refractivity contribution in [1.29, 1.82) is 0 Å². The molecular formula is C28H24N4O5. The summed E-state index contributed by atoms with van der Waals surface area (Å²) in [6.45, 7) is 2.27. The molecule has 0 aliphatic carbocycles. The molecule has 2 amide bonds. The van der Waals surface area contributed by atoms with Gasteiger partial charge in [0.05, 0.1) is 5.56 Å². The summed E-state index contributed by atoms with van der Waals surface area (Å²) < 4.78 is 10.9. The van der Waals surface area contributed by atoms with Gasteiger partial charge in [0.15, 0.2) is 6.61 Å². The molecular weight excluding hydrogens is 472 g/mol. The van der Waals surface area contributed by atoms with E-state index in [1.54, 1.807) is 53.4 Å². The van der Waals surface area contributed by atoms with Crippen molar-refractivity contribution in [1.82, 2.24) is 10.2 Å². The number of carbonyl (C=O) groups is 3. The second kappa shape index (κ2) is 10.4. The van der Waals surface area contributed by atoms with Crippen LogP contribution < -0.4 is 10.2 Å². The molecule has 1 aromatic heterocycles. The zero-order chi connectivity index (χ0) is 25.8. The van der Waals surface area contributed by atoms with Crippen molar-refractivity contribution >= 4 is 29.2 Å². The van der Waals surface area contributed by atoms with E-state index in [-0.39, 0.29) is 11.5 Å². The van der Waals surface area contributed by atoms with Crippen LogP contribution in [0.15, 0.2) is 77.2 Å². The highest BCUT2D eigenvalue weighted by Gasteiger charge is 2.21. The fourth-order valence-electron chi connectivity index (χ4n) is 3.96. The van der Waals surface area contributed by atoms with Gasteiger partial charge in [-0.2, -0.15) is 0 Å². The van der Waals surface area contributed by atoms with E-state index >= 15 is 0 Å². The lowest BCUT2D eigenvalue weighted by molar-refractivity contribution is -0.119. The monoisotopic (exact) mass is 496 g/mol. The zero-order valence-corrected chi connectivity index (χ0v) is 20.1. The van der Waals surface area contributed by atoms with Gasteiger partial charge in [0.2, 0.25) is 17.7 Å². The molecule has 1 aliphatic rings. The molecule has 0 saturated carbocycles. The predicted octanol–water partition coefficient (Wildman–Crippen LogP) is 4.63. The van der Waals surface area contributed by atoms with E-state index in [0.717, 1.165) is 23.2 Å². The van der Waals surface area contributed by atoms with Crippen LogP contribution in [-0.4, -0.2) is 41.1 Å². The molecule has 0 spiro atoms. The van der Waals surface area contributed by atoms with Gasteiger partial charge in [0, 0.05) is 35.5 Å². The third-order valence-corrected chi connectivity index (χ3v) is 5.96. The Labute approximate surface area is 213 Å². The van der Waals surface area contributed by atoms with Gasteiger partial charge < -0.3 is 19.4 Å². The lowest BCUT2D eigenvalue weighted by Crippen LogP contribution is -2.23. The number of nitrogens with one attached hydrogen (secondary N) is 1. The van der Waals surface area contributed by atoms with Crippen LogP contribution in [0, 0.1) is 6.92 Å². The molecule has 9 nitrogen and oxygen atoms in total. The lowest BCUT2D eigenvalue weighted by atomic mass is 10.1. The number of hydrogen-bond donors (Lipinski definition) is 1. The Morgan fingerprint density at radius 1 is 0.919 bits per heavy atom. The minimum atomic E-state index is -0.629. The van der Waals surface area contributed by atoms with Crippen molar-refractivity contribution in [2.45, 2.75) is 19.8 Å². The summed E-state index contributed by atoms with van der Waals surface area (Å²) >= 11 is 0. The molecule has 186 valence electrons. The molecule has 0 radical (unpaired) electrons. The number of aromatic nitrogens is 2. The number of rotatable bonds is 7. The summed E-state index contributed by atoms with van der Waals surface area (Å²) in [7, 11) is 0. The van der Waals surface area contributed by atoms with Gasteiger partial charge in [0.1, 0.15) is 0 Å². The number of hydrogen-bond acceptors (Lipinski definition) is 7. The Morgan fingerprint density at radius 3 is 2.14 bits per heavy atom. The van der Waals surface area contributed by atoms with Crippen LogP contribution in [-0.2, 0) is 14.3 Å². The van der Waals surface area contributed by atoms with Crippen LogP contribution in [0.4, 0.5) is 11.4 Å². The standard InChI is InChI=1S/C28H24N4O5/c1-18-4-6-19(7-5-18)26-30-31-27(37-26)20-8-10-21(11-9-20)28(35)36-17-24(33)29-22-12-14-23(15-13-22)32-16-2-3-25(32)34/h4-15H,2-3,16-17H2,1H3,(H,29,33). The fraction of sp³-hybridized carbons (Fsp3) is 0.179. The molecule has 0 unspecified atom stereocenters. The number of carbonyl (C=O) groups excluding carboxylic acids is 3. The molecule has 1 saturated heterocycles. The summed E-state index contributed by atoms with van der Waals surface area (Å²) in [4.78, 5) is 38.2. The van der Waals surface area contributed by atoms with E-state index in [0.29, 0.717) is 36.0 Å². The number of nitrogens with zero attached hydrogens (tertiary/aromatic N) is 3. The van der Waals surface area contributed by atoms with Crippen LogP contribution in [0.2, 0.25) is 0 Å². The van der Waals surface area contributed by atoms with Crippen molar-refractivity contribution in [3.8, 4) is 22.9 Å². The Balaban J connectivity index is 1.13. The van der Waals surface area contributed by atoms with Crippen LogP contribution in [0.25, 0.3) is 22.9 Å². The van der Waals surface area contributed by atoms with E-state index in [9.17, 15) is 14.4 Å². The highest BCUT2D eigenvalue weighted by molar-refractivity contribution is 5.97. The van der Waals surface area contributed by atoms with Crippen molar-refractivity contribution < 1.29 is 23.5 Å². The first-order chi connectivity index (χ1) is 18.0. The molecule has 2 heterocycles. The molecule has 1 N–H and O–H groups in total. The van der Waals surface area contributed by atoms with Gasteiger partial charge in [-0.1, -0.05) is 17.7 Å². The van der Waals surface area contributed by atoms with E-state index < -0.39 is 18.5 Å². The highest BCUT2D eigenvalue weighted by atomic mass is 16.5. The summed E-state index contributed by atoms with van der Waals surface area (Å²) in [5.74, 6) is -0.264. The number of aryl methyl sites for hydroxylation is 1. The first kappa shape index (κ1) is 23.9. The Bertz CT molecular complexity index is 1430. The SMILES string of the molecule is Cc1ccc(-c2nnc(-c3ccc(C(=O)OCC(=O)Nc4ccc(N5CCCC5=O)cc4)cc3)o2)cc1. The van der Waals surface area contributed by atoms with Gasteiger partial charge in [-0.15, -0.1) is 10.2 Å². The summed E-state index contributed by atoms with van der Waals surface area (Å²) in [5, 5.41) is 10.9. The van der Waals surface area contributed by atoms with Gasteiger partial charge in [-0.25, -0.2) is 4.79 Å². The molecule has 9 heteroatoms. The van der Waals surface area contributed by atoms with Crippen LogP contribution >= 0.6 is 0 Å². The maximum absolute atomic E-state index is 12.4. The Kier molecular flexibility index (Phi) is 6.76. The number of amides is 2. The van der Waals surface area contributed by atoms with Crippen molar-refractivity contribution in [2.75, 3.05) is 23.4 Å². The van der Waals surface area contributed by atoms with Crippen LogP contribution in [0.5, 0.6) is 0 Å². The first-order valence-electron chi connectivity index (χ1n) is 11.8. The highest BCUT2D eigenvalue weighted by Crippen LogP contribution is 2.25. The molecule has 0 bridgehead atoms. The predicted molar refractivity (Wildman–Crippen MR) is 137 cm³/mol. The number of anilines is 2. The van der Waals surface area contributed by atoms with E-state index in [2.05, 4.69) is 15.5 Å². The average Bonchev–Trinajstić information content (AvgIpc) is 3.58. The van der Waals surface area contributed by atoms with Crippen molar-refractivity contribution in [2.24, 2.45) is 0 Å². The summed E-state index contributed by atoms with van der Waals surface area (Å²) in [6, 6.07) is 21.2. The zero-order valence-electron chi connectivity index (χ0n) is 20.1. The topological polar surface area (TPSA) is 115 Å². The third-order valence-electron chi connectivity index (χ3n) is 5.96. The molecule has 1 aliphatic heterocycles. The second-order valence-corrected chi connectivity index (χ2v) is 8.68. The molecule has 37 heavy (non-hydrogen) atoms. The van der Waals surface area contributed by atoms with Crippen molar-refractivity contribution in [3.05, 3.63) is 83.9 Å². The summed E-state index contributed by atoms with van der Waals surface area (Å²) in [6.07, 6.45) is 1.40. The van der Waals surface area contributed by atoms with Gasteiger partial charge >= 0.3 is 5.97 Å². The minimum Gasteiger partial charge on any atom is -0.452 e. The fourth-order valence-corrected chi connectivity index (χ4v) is 3.96. The van der Waals surface area contributed by atoms with Gasteiger partial charge in [0.25, 0.3) is 5.91 Å². The smallest absolute Gasteiger partial charge is 0.338 e. The third kappa shape index (κ3) is 5.56. The summed E-state index contributed by atoms with van der Waals surface area (Å²) in [5.41, 5.74) is 4.23. The largest absolute Gasteiger partial charge is 0.452 e. The number of ether oxygens (including phenoxy) is 1. The van der Waals surface area contributed by atoms with Gasteiger partial charge in [-0.3, -0.25) is 9.59 Å². The molecule has 1 fully saturated rings. The van der Waals surface area contributed by atoms with E-state index in [1.807, 2.05) is 31.2 Å². The maximum atomic E-state index is 12.4. The van der Waals surface area contributed by atoms with Crippen LogP contribution in [0.1, 0.15) is 28.8 Å². The number of benzene rings is 3. The van der Waals surface area contributed by atoms with E-state index in [1.165, 1.54) is 0 Å². The molecule has 5 rings (SSSR count). The average molecular weight is 497 g/mol. The van der Waals surface area contributed by atoms with Gasteiger partial charge in [-0.05, 0) is 74.0 Å². The number of esters is 1.